The Morgan fingerprint density at radius 1 is 1.33 bits per heavy atom. The molecule has 0 bridgehead atoms. The van der Waals surface area contributed by atoms with Crippen LogP contribution in [0, 0.1) is 5.82 Å². The molecular formula is C24H25FN6O2. The fourth-order valence-electron chi connectivity index (χ4n) is 4.44. The normalized spacial score (nSPS) is 16.7. The number of carbonyl (C=O) groups is 1. The van der Waals surface area contributed by atoms with Crippen molar-refractivity contribution < 1.29 is 13.9 Å². The summed E-state index contributed by atoms with van der Waals surface area (Å²) in [5, 5.41) is 11.3. The second-order valence-corrected chi connectivity index (χ2v) is 8.27. The molecule has 1 aliphatic heterocycles. The number of methoxy groups -OCH3 is 1. The summed E-state index contributed by atoms with van der Waals surface area (Å²) in [6.45, 7) is 1.94. The molecule has 3 N–H and O–H groups in total. The lowest BCUT2D eigenvalue weighted by Crippen LogP contribution is -2.47. The van der Waals surface area contributed by atoms with Gasteiger partial charge in [0.2, 0.25) is 0 Å². The van der Waals surface area contributed by atoms with Crippen LogP contribution >= 0.6 is 0 Å². The summed E-state index contributed by atoms with van der Waals surface area (Å²) in [5.74, 6) is 0.133. The van der Waals surface area contributed by atoms with Gasteiger partial charge in [-0.3, -0.25) is 14.8 Å². The number of ether oxygens (including phenoxy) is 1. The molecule has 1 saturated heterocycles. The largest absolute Gasteiger partial charge is 0.496 e. The van der Waals surface area contributed by atoms with Gasteiger partial charge in [-0.25, -0.2) is 9.37 Å². The maximum Gasteiger partial charge on any atom is 0.251 e. The number of hydrogen-bond donors (Lipinski definition) is 3. The maximum absolute atomic E-state index is 14.4. The van der Waals surface area contributed by atoms with Crippen LogP contribution in [0.1, 0.15) is 28.8 Å². The Morgan fingerprint density at radius 3 is 3.06 bits per heavy atom. The molecule has 0 saturated carbocycles. The summed E-state index contributed by atoms with van der Waals surface area (Å²) in [5.41, 5.74) is 3.46. The highest BCUT2D eigenvalue weighted by molar-refractivity contribution is 6.01. The summed E-state index contributed by atoms with van der Waals surface area (Å²) in [6, 6.07) is 10.3. The second-order valence-electron chi connectivity index (χ2n) is 8.27. The monoisotopic (exact) mass is 448 g/mol. The van der Waals surface area contributed by atoms with E-state index in [0.717, 1.165) is 41.7 Å². The van der Waals surface area contributed by atoms with Crippen LogP contribution in [0.4, 0.5) is 4.39 Å². The van der Waals surface area contributed by atoms with Gasteiger partial charge in [0.25, 0.3) is 5.91 Å². The summed E-state index contributed by atoms with van der Waals surface area (Å²) >= 11 is 0. The van der Waals surface area contributed by atoms with Crippen LogP contribution < -0.4 is 10.1 Å². The van der Waals surface area contributed by atoms with Crippen molar-refractivity contribution in [2.45, 2.75) is 25.4 Å². The molecule has 2 aromatic carbocycles. The zero-order valence-corrected chi connectivity index (χ0v) is 18.3. The van der Waals surface area contributed by atoms with Crippen molar-refractivity contribution in [2.75, 3.05) is 20.2 Å². The number of benzene rings is 2. The number of nitrogens with one attached hydrogen (secondary N) is 3. The maximum atomic E-state index is 14.4. The van der Waals surface area contributed by atoms with E-state index in [1.54, 1.807) is 37.8 Å². The van der Waals surface area contributed by atoms with E-state index in [1.165, 1.54) is 6.07 Å². The number of aromatic amines is 2. The summed E-state index contributed by atoms with van der Waals surface area (Å²) < 4.78 is 19.7. The zero-order chi connectivity index (χ0) is 22.8. The number of carbonyl (C=O) groups excluding carboxylic acids is 1. The van der Waals surface area contributed by atoms with Crippen LogP contribution in [0.25, 0.3) is 22.3 Å². The zero-order valence-electron chi connectivity index (χ0n) is 18.3. The van der Waals surface area contributed by atoms with E-state index in [-0.39, 0.29) is 17.8 Å². The molecule has 3 heterocycles. The molecule has 1 amide bonds. The van der Waals surface area contributed by atoms with Crippen molar-refractivity contribution >= 4 is 16.8 Å². The average molecular weight is 449 g/mol. The lowest BCUT2D eigenvalue weighted by molar-refractivity contribution is 0.0899. The van der Waals surface area contributed by atoms with Crippen molar-refractivity contribution in [3.05, 3.63) is 65.9 Å². The van der Waals surface area contributed by atoms with E-state index in [4.69, 9.17) is 4.74 Å². The van der Waals surface area contributed by atoms with Crippen LogP contribution in [-0.2, 0) is 6.54 Å². The highest BCUT2D eigenvalue weighted by Gasteiger charge is 2.24. The number of rotatable bonds is 6. The first kappa shape index (κ1) is 21.1. The number of hydrogen-bond acceptors (Lipinski definition) is 5. The van der Waals surface area contributed by atoms with Gasteiger partial charge in [-0.2, -0.15) is 5.10 Å². The Kier molecular flexibility index (Phi) is 5.78. The summed E-state index contributed by atoms with van der Waals surface area (Å²) in [4.78, 5) is 22.3. The summed E-state index contributed by atoms with van der Waals surface area (Å²) in [6.07, 6.45) is 5.10. The molecule has 2 aromatic heterocycles. The highest BCUT2D eigenvalue weighted by atomic mass is 19.1. The molecule has 0 spiro atoms. The number of fused-ring (bicyclic) bond motifs is 1. The Hall–Kier alpha value is -3.72. The summed E-state index contributed by atoms with van der Waals surface area (Å²) in [7, 11) is 1.55. The predicted octanol–water partition coefficient (Wildman–Crippen LogP) is 3.50. The number of piperidine rings is 1. The van der Waals surface area contributed by atoms with E-state index in [0.29, 0.717) is 30.0 Å². The van der Waals surface area contributed by atoms with Crippen LogP contribution in [0.3, 0.4) is 0 Å². The van der Waals surface area contributed by atoms with Gasteiger partial charge in [-0.1, -0.05) is 6.07 Å². The van der Waals surface area contributed by atoms with Crippen LogP contribution in [-0.4, -0.2) is 57.2 Å². The predicted molar refractivity (Wildman–Crippen MR) is 122 cm³/mol. The third-order valence-corrected chi connectivity index (χ3v) is 6.10. The lowest BCUT2D eigenvalue weighted by Gasteiger charge is -2.33. The number of imidazole rings is 1. The van der Waals surface area contributed by atoms with E-state index >= 15 is 0 Å². The van der Waals surface area contributed by atoms with Crippen LogP contribution in [0.15, 0.2) is 48.9 Å². The van der Waals surface area contributed by atoms with E-state index in [1.807, 2.05) is 12.1 Å². The molecule has 0 aliphatic carbocycles. The minimum absolute atomic E-state index is 0.0175. The van der Waals surface area contributed by atoms with Gasteiger partial charge in [-0.15, -0.1) is 0 Å². The smallest absolute Gasteiger partial charge is 0.251 e. The molecule has 0 unspecified atom stereocenters. The molecule has 1 atom stereocenters. The SMILES string of the molecule is COc1cccc(F)c1CN1CCC[C@@H](NC(=O)c2ccc3[nH]nc(-c4cnc[nH]4)c3c2)C1. The minimum atomic E-state index is -0.276. The van der Waals surface area contributed by atoms with Crippen LogP contribution in [0.5, 0.6) is 5.75 Å². The van der Waals surface area contributed by atoms with Gasteiger partial charge in [0.15, 0.2) is 0 Å². The van der Waals surface area contributed by atoms with Gasteiger partial charge in [0.05, 0.1) is 30.8 Å². The number of halogens is 1. The van der Waals surface area contributed by atoms with Gasteiger partial charge < -0.3 is 15.0 Å². The Labute approximate surface area is 190 Å². The Bertz CT molecular complexity index is 1270. The first-order valence-corrected chi connectivity index (χ1v) is 10.9. The van der Waals surface area contributed by atoms with Gasteiger partial charge in [0.1, 0.15) is 17.3 Å². The van der Waals surface area contributed by atoms with Crippen molar-refractivity contribution in [1.29, 1.82) is 0 Å². The highest BCUT2D eigenvalue weighted by Crippen LogP contribution is 2.26. The second kappa shape index (κ2) is 9.03. The van der Waals surface area contributed by atoms with E-state index in [9.17, 15) is 9.18 Å². The topological polar surface area (TPSA) is 98.9 Å². The van der Waals surface area contributed by atoms with Gasteiger partial charge in [-0.05, 0) is 49.7 Å². The molecule has 8 nitrogen and oxygen atoms in total. The average Bonchev–Trinajstić information content (AvgIpc) is 3.50. The number of H-pyrrole nitrogens is 2. The fourth-order valence-corrected chi connectivity index (χ4v) is 4.44. The number of nitrogens with zero attached hydrogens (tertiary/aromatic N) is 3. The van der Waals surface area contributed by atoms with Crippen molar-refractivity contribution in [1.82, 2.24) is 30.4 Å². The third kappa shape index (κ3) is 4.31. The fraction of sp³-hybridized carbons (Fsp3) is 0.292. The minimum Gasteiger partial charge on any atom is -0.496 e. The standard InChI is InChI=1S/C24H25FN6O2/c1-33-22-6-2-5-19(25)18(22)13-31-9-3-4-16(12-31)28-24(32)15-7-8-20-17(10-15)23(30-29-20)21-11-26-14-27-21/h2,5-8,10-11,14,16H,3-4,9,12-13H2,1H3,(H,26,27)(H,28,32)(H,29,30)/t16-/m1/s1. The number of aromatic nitrogens is 4. The third-order valence-electron chi connectivity index (χ3n) is 6.10. The molecule has 33 heavy (non-hydrogen) atoms. The molecule has 9 heteroatoms. The first-order valence-electron chi connectivity index (χ1n) is 10.9. The van der Waals surface area contributed by atoms with Crippen LogP contribution in [0.2, 0.25) is 0 Å². The van der Waals surface area contributed by atoms with Crippen molar-refractivity contribution in [3.63, 3.8) is 0 Å². The van der Waals surface area contributed by atoms with E-state index in [2.05, 4.69) is 30.4 Å². The Morgan fingerprint density at radius 2 is 2.24 bits per heavy atom. The molecule has 5 rings (SSSR count). The molecule has 1 fully saturated rings. The van der Waals surface area contributed by atoms with Gasteiger partial charge in [0, 0.05) is 35.6 Å². The van der Waals surface area contributed by atoms with E-state index < -0.39 is 0 Å². The molecule has 170 valence electrons. The van der Waals surface area contributed by atoms with Crippen molar-refractivity contribution in [3.8, 4) is 17.1 Å². The number of amides is 1. The lowest BCUT2D eigenvalue weighted by atomic mass is 10.0. The van der Waals surface area contributed by atoms with Crippen molar-refractivity contribution in [2.24, 2.45) is 0 Å². The molecule has 1 aliphatic rings. The molecule has 4 aromatic rings. The number of likely N-dealkylation sites (tertiary alicyclic amines) is 1. The first-order chi connectivity index (χ1) is 16.1. The Balaban J connectivity index is 1.29. The molecular weight excluding hydrogens is 423 g/mol. The van der Waals surface area contributed by atoms with Gasteiger partial charge >= 0.3 is 0 Å². The molecule has 0 radical (unpaired) electrons. The quantitative estimate of drug-likeness (QED) is 0.419.